The number of ether oxygens (including phenoxy) is 2. The van der Waals surface area contributed by atoms with Crippen LogP contribution in [-0.4, -0.2) is 29.2 Å². The number of nitrogens with one attached hydrogen (secondary N) is 1. The van der Waals surface area contributed by atoms with E-state index in [4.69, 9.17) is 21.1 Å². The quantitative estimate of drug-likeness (QED) is 0.250. The minimum atomic E-state index is -0.370. The molecule has 7 atom stereocenters. The third-order valence-corrected chi connectivity index (χ3v) is 12.4. The highest BCUT2D eigenvalue weighted by Gasteiger charge is 2.69. The second-order valence-electron chi connectivity index (χ2n) is 11.6. The Morgan fingerprint density at radius 3 is 2.42 bits per heavy atom. The summed E-state index contributed by atoms with van der Waals surface area (Å²) in [6.07, 6.45) is 0.828. The zero-order chi connectivity index (χ0) is 29.4. The number of nitrogens with zero attached hydrogens (tertiary/aromatic N) is 1. The Kier molecular flexibility index (Phi) is 6.47. The van der Waals surface area contributed by atoms with Gasteiger partial charge >= 0.3 is 4.87 Å². The first kappa shape index (κ1) is 27.0. The number of imide groups is 1. The van der Waals surface area contributed by atoms with Crippen molar-refractivity contribution < 1.29 is 19.1 Å². The SMILES string of the molecule is COc1cc([C@H]2c3sc(=O)[nH]c3SC3C4CC(C5C(=O)N(c6ccc(Cl)cc6)C(=O)C45)C32)ccc1OCc1ccccc1. The molecule has 6 unspecified atom stereocenters. The zero-order valence-electron chi connectivity index (χ0n) is 23.1. The molecule has 2 aliphatic heterocycles. The first-order valence-electron chi connectivity index (χ1n) is 14.3. The zero-order valence-corrected chi connectivity index (χ0v) is 25.5. The molecule has 4 aliphatic rings. The van der Waals surface area contributed by atoms with E-state index in [2.05, 4.69) is 11.1 Å². The van der Waals surface area contributed by atoms with E-state index in [1.165, 1.54) is 16.2 Å². The van der Waals surface area contributed by atoms with E-state index in [1.807, 2.05) is 42.5 Å². The van der Waals surface area contributed by atoms with Gasteiger partial charge in [0.25, 0.3) is 0 Å². The summed E-state index contributed by atoms with van der Waals surface area (Å²) in [7, 11) is 1.63. The van der Waals surface area contributed by atoms with E-state index in [0.717, 1.165) is 27.5 Å². The van der Waals surface area contributed by atoms with Crippen molar-refractivity contribution in [1.82, 2.24) is 4.98 Å². The number of rotatable bonds is 6. The lowest BCUT2D eigenvalue weighted by atomic mass is 9.68. The van der Waals surface area contributed by atoms with E-state index in [9.17, 15) is 14.4 Å². The Morgan fingerprint density at radius 2 is 1.67 bits per heavy atom. The predicted octanol–water partition coefficient (Wildman–Crippen LogP) is 6.36. The Labute approximate surface area is 261 Å². The van der Waals surface area contributed by atoms with Crippen LogP contribution in [0.25, 0.3) is 0 Å². The molecule has 43 heavy (non-hydrogen) atoms. The number of thiazole rings is 1. The van der Waals surface area contributed by atoms with Crippen LogP contribution >= 0.6 is 34.7 Å². The van der Waals surface area contributed by atoms with Gasteiger partial charge in [-0.25, -0.2) is 0 Å². The summed E-state index contributed by atoms with van der Waals surface area (Å²) in [4.78, 5) is 45.7. The van der Waals surface area contributed by atoms with Crippen molar-refractivity contribution in [1.29, 1.82) is 0 Å². The number of halogens is 1. The number of hydrogen-bond donors (Lipinski definition) is 1. The molecule has 1 aromatic heterocycles. The van der Waals surface area contributed by atoms with Gasteiger partial charge in [0.05, 0.1) is 29.7 Å². The molecule has 1 N–H and O–H groups in total. The number of aromatic nitrogens is 1. The molecule has 7 nitrogen and oxygen atoms in total. The summed E-state index contributed by atoms with van der Waals surface area (Å²) in [6, 6.07) is 22.9. The van der Waals surface area contributed by atoms with E-state index in [-0.39, 0.29) is 57.4 Å². The van der Waals surface area contributed by atoms with Gasteiger partial charge in [-0.05, 0) is 71.7 Å². The normalized spacial score (nSPS) is 28.5. The van der Waals surface area contributed by atoms with Gasteiger partial charge in [0.1, 0.15) is 6.61 Å². The molecule has 3 aromatic carbocycles. The maximum absolute atomic E-state index is 13.9. The van der Waals surface area contributed by atoms with Crippen LogP contribution in [0.15, 0.2) is 82.6 Å². The summed E-state index contributed by atoms with van der Waals surface area (Å²) in [5, 5.41) is 1.54. The largest absolute Gasteiger partial charge is 0.493 e. The average Bonchev–Trinajstić information content (AvgIpc) is 3.76. The maximum atomic E-state index is 13.9. The van der Waals surface area contributed by atoms with Gasteiger partial charge in [0, 0.05) is 21.1 Å². The molecule has 0 spiro atoms. The van der Waals surface area contributed by atoms with Crippen molar-refractivity contribution in [3.8, 4) is 11.5 Å². The smallest absolute Gasteiger partial charge is 0.305 e. The van der Waals surface area contributed by atoms with E-state index in [0.29, 0.717) is 28.8 Å². The number of carbonyl (C=O) groups excluding carboxylic acids is 2. The van der Waals surface area contributed by atoms with Crippen molar-refractivity contribution >= 4 is 52.2 Å². The Hall–Kier alpha value is -3.53. The monoisotopic (exact) mass is 630 g/mol. The van der Waals surface area contributed by atoms with Crippen LogP contribution in [0.3, 0.4) is 0 Å². The van der Waals surface area contributed by atoms with Crippen LogP contribution in [0.1, 0.15) is 28.3 Å². The van der Waals surface area contributed by atoms with Crippen LogP contribution in [0, 0.1) is 29.6 Å². The second kappa shape index (κ2) is 10.3. The van der Waals surface area contributed by atoms with Gasteiger partial charge in [0.2, 0.25) is 11.8 Å². The summed E-state index contributed by atoms with van der Waals surface area (Å²) in [6.45, 7) is 0.415. The number of anilines is 1. The number of carbonyl (C=O) groups is 2. The van der Waals surface area contributed by atoms with Gasteiger partial charge in [-0.3, -0.25) is 19.3 Å². The highest BCUT2D eigenvalue weighted by Crippen LogP contribution is 2.68. The van der Waals surface area contributed by atoms with Crippen LogP contribution in [-0.2, 0) is 16.2 Å². The molecular weight excluding hydrogens is 604 g/mol. The van der Waals surface area contributed by atoms with Crippen molar-refractivity contribution in [2.75, 3.05) is 12.0 Å². The fourth-order valence-electron chi connectivity index (χ4n) is 7.97. The predicted molar refractivity (Wildman–Crippen MR) is 166 cm³/mol. The number of amides is 2. The molecule has 3 fully saturated rings. The Balaban J connectivity index is 1.16. The molecule has 3 heterocycles. The fraction of sp³-hybridized carbons (Fsp3) is 0.303. The van der Waals surface area contributed by atoms with Gasteiger partial charge in [-0.2, -0.15) is 0 Å². The van der Waals surface area contributed by atoms with E-state index >= 15 is 0 Å². The summed E-state index contributed by atoms with van der Waals surface area (Å²) in [5.41, 5.74) is 2.65. The molecule has 8 rings (SSSR count). The van der Waals surface area contributed by atoms with Crippen LogP contribution < -0.4 is 19.2 Å². The minimum Gasteiger partial charge on any atom is -0.493 e. The van der Waals surface area contributed by atoms with Crippen molar-refractivity contribution in [2.24, 2.45) is 29.6 Å². The molecule has 2 aliphatic carbocycles. The molecule has 2 amide bonds. The number of benzene rings is 3. The molecule has 4 aromatic rings. The molecule has 0 radical (unpaired) electrons. The number of aromatic amines is 1. The first-order chi connectivity index (χ1) is 20.9. The van der Waals surface area contributed by atoms with E-state index < -0.39 is 0 Å². The average molecular weight is 631 g/mol. The lowest BCUT2D eigenvalue weighted by Gasteiger charge is -2.43. The van der Waals surface area contributed by atoms with Crippen LogP contribution in [0.4, 0.5) is 5.69 Å². The maximum Gasteiger partial charge on any atom is 0.305 e. The standard InChI is InChI=1S/C33H27ClN2O5S2/c1-40-23-13-17(7-12-22(23)41-15-16-5-3-2-4-6-16)24-25-20-14-21(28(25)42-30-29(24)43-33(39)35-30)27-26(20)31(37)36(32(27)38)19-10-8-18(34)9-11-19/h2-13,20-21,24-28H,14-15H2,1H3,(H,35,39)/t20?,21?,24-,25?,26?,27?,28?/m1/s1. The van der Waals surface area contributed by atoms with E-state index in [1.54, 1.807) is 43.1 Å². The lowest BCUT2D eigenvalue weighted by molar-refractivity contribution is -0.123. The van der Waals surface area contributed by atoms with Crippen molar-refractivity contribution in [3.63, 3.8) is 0 Å². The number of fused-ring (bicyclic) bond motifs is 9. The summed E-state index contributed by atoms with van der Waals surface area (Å²) in [5.74, 6) is 0.363. The Bertz CT molecular complexity index is 1810. The summed E-state index contributed by atoms with van der Waals surface area (Å²) >= 11 is 9.01. The van der Waals surface area contributed by atoms with Gasteiger partial charge < -0.3 is 14.5 Å². The topological polar surface area (TPSA) is 88.7 Å². The Morgan fingerprint density at radius 1 is 0.930 bits per heavy atom. The van der Waals surface area contributed by atoms with Crippen LogP contribution in [0.2, 0.25) is 5.02 Å². The van der Waals surface area contributed by atoms with Gasteiger partial charge in [-0.15, -0.1) is 11.8 Å². The van der Waals surface area contributed by atoms with Crippen LogP contribution in [0.5, 0.6) is 11.5 Å². The minimum absolute atomic E-state index is 0.0246. The number of methoxy groups -OCH3 is 1. The number of thioether (sulfide) groups is 1. The van der Waals surface area contributed by atoms with Gasteiger partial charge in [0.15, 0.2) is 11.5 Å². The molecule has 1 saturated heterocycles. The van der Waals surface area contributed by atoms with Crippen molar-refractivity contribution in [2.45, 2.75) is 29.2 Å². The third-order valence-electron chi connectivity index (χ3n) is 9.59. The molecule has 218 valence electrons. The molecular formula is C33H27ClN2O5S2. The van der Waals surface area contributed by atoms with Crippen molar-refractivity contribution in [3.05, 3.63) is 103 Å². The number of H-pyrrole nitrogens is 1. The third kappa shape index (κ3) is 4.19. The molecule has 10 heteroatoms. The highest BCUT2D eigenvalue weighted by molar-refractivity contribution is 8.00. The second-order valence-corrected chi connectivity index (χ2v) is 14.3. The fourth-order valence-corrected chi connectivity index (χ4v) is 11.0. The first-order valence-corrected chi connectivity index (χ1v) is 16.4. The number of hydrogen-bond acceptors (Lipinski definition) is 7. The summed E-state index contributed by atoms with van der Waals surface area (Å²) < 4.78 is 11.9. The molecule has 2 saturated carbocycles. The highest BCUT2D eigenvalue weighted by atomic mass is 35.5. The van der Waals surface area contributed by atoms with Gasteiger partial charge in [-0.1, -0.05) is 59.3 Å². The molecule has 2 bridgehead atoms. The lowest BCUT2D eigenvalue weighted by Crippen LogP contribution is -2.42.